The SMILES string of the molecule is CCc1ccc(OCC(=O)NCCc2nc(-c3ccc(C)cc3)no2)cc1. The van der Waals surface area contributed by atoms with Crippen molar-refractivity contribution in [1.29, 1.82) is 0 Å². The number of ether oxygens (including phenoxy) is 1. The molecule has 1 heterocycles. The van der Waals surface area contributed by atoms with Gasteiger partial charge < -0.3 is 14.6 Å². The number of hydrogen-bond acceptors (Lipinski definition) is 5. The maximum absolute atomic E-state index is 11.9. The van der Waals surface area contributed by atoms with Gasteiger partial charge in [0.2, 0.25) is 11.7 Å². The fourth-order valence-electron chi connectivity index (χ4n) is 2.51. The second-order valence-electron chi connectivity index (χ2n) is 6.26. The molecule has 2 aromatic carbocycles. The monoisotopic (exact) mass is 365 g/mol. The molecule has 0 saturated heterocycles. The van der Waals surface area contributed by atoms with Gasteiger partial charge in [-0.15, -0.1) is 0 Å². The zero-order valence-electron chi connectivity index (χ0n) is 15.6. The molecular weight excluding hydrogens is 342 g/mol. The standard InChI is InChI=1S/C21H23N3O3/c1-3-16-6-10-18(11-7-16)26-14-19(25)22-13-12-20-23-21(24-27-20)17-8-4-15(2)5-9-17/h4-11H,3,12-14H2,1-2H3,(H,22,25). The van der Waals surface area contributed by atoms with Gasteiger partial charge >= 0.3 is 0 Å². The summed E-state index contributed by atoms with van der Waals surface area (Å²) in [5.74, 6) is 1.53. The van der Waals surface area contributed by atoms with Gasteiger partial charge in [0.15, 0.2) is 6.61 Å². The van der Waals surface area contributed by atoms with E-state index in [1.807, 2.05) is 55.5 Å². The van der Waals surface area contributed by atoms with E-state index in [-0.39, 0.29) is 12.5 Å². The second kappa shape index (κ2) is 8.98. The molecular formula is C21H23N3O3. The number of hydrogen-bond donors (Lipinski definition) is 1. The molecule has 0 fully saturated rings. The summed E-state index contributed by atoms with van der Waals surface area (Å²) in [6.45, 7) is 4.50. The number of aromatic nitrogens is 2. The van der Waals surface area contributed by atoms with Gasteiger partial charge in [-0.2, -0.15) is 4.98 Å². The van der Waals surface area contributed by atoms with Crippen LogP contribution in [0.5, 0.6) is 5.75 Å². The molecule has 0 spiro atoms. The molecule has 0 atom stereocenters. The summed E-state index contributed by atoms with van der Waals surface area (Å²) in [4.78, 5) is 16.2. The second-order valence-corrected chi connectivity index (χ2v) is 6.26. The van der Waals surface area contributed by atoms with Crippen molar-refractivity contribution in [3.05, 3.63) is 65.5 Å². The molecule has 6 nitrogen and oxygen atoms in total. The zero-order chi connectivity index (χ0) is 19.1. The lowest BCUT2D eigenvalue weighted by Gasteiger charge is -2.07. The summed E-state index contributed by atoms with van der Waals surface area (Å²) in [5, 5.41) is 6.77. The van der Waals surface area contributed by atoms with Crippen LogP contribution in [0.3, 0.4) is 0 Å². The van der Waals surface area contributed by atoms with Crippen LogP contribution in [0.1, 0.15) is 23.9 Å². The molecule has 3 rings (SSSR count). The first-order valence-electron chi connectivity index (χ1n) is 9.02. The summed E-state index contributed by atoms with van der Waals surface area (Å²) >= 11 is 0. The Hall–Kier alpha value is -3.15. The van der Waals surface area contributed by atoms with Crippen molar-refractivity contribution in [3.63, 3.8) is 0 Å². The molecule has 0 unspecified atom stereocenters. The summed E-state index contributed by atoms with van der Waals surface area (Å²) in [6, 6.07) is 15.6. The summed E-state index contributed by atoms with van der Waals surface area (Å²) in [6.07, 6.45) is 1.44. The number of nitrogens with one attached hydrogen (secondary N) is 1. The highest BCUT2D eigenvalue weighted by atomic mass is 16.5. The van der Waals surface area contributed by atoms with Crippen LogP contribution in [0.25, 0.3) is 11.4 Å². The van der Waals surface area contributed by atoms with Crippen LogP contribution in [-0.2, 0) is 17.6 Å². The van der Waals surface area contributed by atoms with Crippen molar-refractivity contribution in [2.24, 2.45) is 0 Å². The van der Waals surface area contributed by atoms with E-state index in [1.54, 1.807) is 0 Å². The van der Waals surface area contributed by atoms with Gasteiger partial charge in [0.25, 0.3) is 5.91 Å². The summed E-state index contributed by atoms with van der Waals surface area (Å²) in [7, 11) is 0. The Kier molecular flexibility index (Phi) is 6.20. The number of amides is 1. The van der Waals surface area contributed by atoms with Crippen LogP contribution in [0.2, 0.25) is 0 Å². The lowest BCUT2D eigenvalue weighted by Crippen LogP contribution is -2.30. The van der Waals surface area contributed by atoms with E-state index in [9.17, 15) is 4.79 Å². The van der Waals surface area contributed by atoms with Gasteiger partial charge in [0, 0.05) is 18.5 Å². The van der Waals surface area contributed by atoms with E-state index in [4.69, 9.17) is 9.26 Å². The van der Waals surface area contributed by atoms with Crippen LogP contribution >= 0.6 is 0 Å². The molecule has 3 aromatic rings. The highest BCUT2D eigenvalue weighted by molar-refractivity contribution is 5.77. The summed E-state index contributed by atoms with van der Waals surface area (Å²) in [5.41, 5.74) is 3.31. The Bertz CT molecular complexity index is 870. The topological polar surface area (TPSA) is 77.2 Å². The van der Waals surface area contributed by atoms with Crippen LogP contribution in [0.4, 0.5) is 0 Å². The molecule has 0 aliphatic carbocycles. The molecule has 0 aliphatic heterocycles. The fraction of sp³-hybridized carbons (Fsp3) is 0.286. The number of benzene rings is 2. The number of aryl methyl sites for hydroxylation is 2. The Morgan fingerprint density at radius 1 is 1.11 bits per heavy atom. The molecule has 6 heteroatoms. The van der Waals surface area contributed by atoms with Gasteiger partial charge in [-0.25, -0.2) is 0 Å². The van der Waals surface area contributed by atoms with Gasteiger partial charge in [0.05, 0.1) is 0 Å². The van der Waals surface area contributed by atoms with Crippen molar-refractivity contribution in [3.8, 4) is 17.1 Å². The maximum atomic E-state index is 11.9. The molecule has 140 valence electrons. The van der Waals surface area contributed by atoms with E-state index in [0.717, 1.165) is 12.0 Å². The first-order chi connectivity index (χ1) is 13.1. The molecule has 0 saturated carbocycles. The van der Waals surface area contributed by atoms with Crippen LogP contribution < -0.4 is 10.1 Å². The Morgan fingerprint density at radius 3 is 2.56 bits per heavy atom. The Morgan fingerprint density at radius 2 is 1.85 bits per heavy atom. The Labute approximate surface area is 158 Å². The molecule has 1 aromatic heterocycles. The predicted molar refractivity (Wildman–Crippen MR) is 102 cm³/mol. The lowest BCUT2D eigenvalue weighted by atomic mass is 10.1. The molecule has 0 aliphatic rings. The Balaban J connectivity index is 1.41. The highest BCUT2D eigenvalue weighted by Gasteiger charge is 2.09. The number of rotatable bonds is 8. The third-order valence-electron chi connectivity index (χ3n) is 4.14. The summed E-state index contributed by atoms with van der Waals surface area (Å²) < 4.78 is 10.7. The number of carbonyl (C=O) groups excluding carboxylic acids is 1. The maximum Gasteiger partial charge on any atom is 0.257 e. The molecule has 1 amide bonds. The van der Waals surface area contributed by atoms with Crippen LogP contribution in [0, 0.1) is 6.92 Å². The zero-order valence-corrected chi connectivity index (χ0v) is 15.6. The number of carbonyl (C=O) groups is 1. The third kappa shape index (κ3) is 5.41. The molecule has 1 N–H and O–H groups in total. The van der Waals surface area contributed by atoms with Crippen LogP contribution in [0.15, 0.2) is 53.1 Å². The van der Waals surface area contributed by atoms with Gasteiger partial charge in [0.1, 0.15) is 5.75 Å². The quantitative estimate of drug-likeness (QED) is 0.662. The van der Waals surface area contributed by atoms with E-state index in [2.05, 4.69) is 22.4 Å². The minimum atomic E-state index is -0.187. The highest BCUT2D eigenvalue weighted by Crippen LogP contribution is 2.16. The van der Waals surface area contributed by atoms with E-state index in [1.165, 1.54) is 11.1 Å². The van der Waals surface area contributed by atoms with Crippen molar-refractivity contribution < 1.29 is 14.1 Å². The lowest BCUT2D eigenvalue weighted by molar-refractivity contribution is -0.123. The van der Waals surface area contributed by atoms with Crippen LogP contribution in [-0.4, -0.2) is 29.2 Å². The van der Waals surface area contributed by atoms with Gasteiger partial charge in [-0.1, -0.05) is 54.0 Å². The minimum absolute atomic E-state index is 0.0239. The largest absolute Gasteiger partial charge is 0.484 e. The van der Waals surface area contributed by atoms with Crippen molar-refractivity contribution in [1.82, 2.24) is 15.5 Å². The van der Waals surface area contributed by atoms with E-state index >= 15 is 0 Å². The third-order valence-corrected chi connectivity index (χ3v) is 4.14. The average molecular weight is 365 g/mol. The van der Waals surface area contributed by atoms with Crippen molar-refractivity contribution in [2.45, 2.75) is 26.7 Å². The normalized spacial score (nSPS) is 10.6. The average Bonchev–Trinajstić information content (AvgIpc) is 3.16. The molecule has 0 radical (unpaired) electrons. The fourth-order valence-corrected chi connectivity index (χ4v) is 2.51. The first-order valence-corrected chi connectivity index (χ1v) is 9.02. The number of nitrogens with zero attached hydrogens (tertiary/aromatic N) is 2. The predicted octanol–water partition coefficient (Wildman–Crippen LogP) is 3.35. The first kappa shape index (κ1) is 18.6. The van der Waals surface area contributed by atoms with Crippen molar-refractivity contribution in [2.75, 3.05) is 13.2 Å². The van der Waals surface area contributed by atoms with Crippen molar-refractivity contribution >= 4 is 5.91 Å². The van der Waals surface area contributed by atoms with Gasteiger partial charge in [-0.05, 0) is 31.0 Å². The minimum Gasteiger partial charge on any atom is -0.484 e. The smallest absolute Gasteiger partial charge is 0.257 e. The van der Waals surface area contributed by atoms with E-state index < -0.39 is 0 Å². The molecule has 27 heavy (non-hydrogen) atoms. The van der Waals surface area contributed by atoms with Gasteiger partial charge in [-0.3, -0.25) is 4.79 Å². The molecule has 0 bridgehead atoms. The van der Waals surface area contributed by atoms with E-state index in [0.29, 0.717) is 30.4 Å².